The minimum atomic E-state index is -1.05. The first-order valence-corrected chi connectivity index (χ1v) is 13.6. The second-order valence-electron chi connectivity index (χ2n) is 10.6. The molecule has 41 heavy (non-hydrogen) atoms. The lowest BCUT2D eigenvalue weighted by atomic mass is 9.99. The number of hydrogen-bond donors (Lipinski definition) is 2. The van der Waals surface area contributed by atoms with Crippen molar-refractivity contribution in [3.8, 4) is 0 Å². The number of carbonyl (C=O) groups excluding carboxylic acids is 2. The zero-order chi connectivity index (χ0) is 28.7. The quantitative estimate of drug-likeness (QED) is 0.348. The number of nitrogens with zero attached hydrogens (tertiary/aromatic N) is 4. The molecule has 2 aliphatic rings. The van der Waals surface area contributed by atoms with Crippen LogP contribution in [0.1, 0.15) is 26.3 Å². The first-order valence-electron chi connectivity index (χ1n) is 13.6. The molecule has 1 aromatic heterocycles. The van der Waals surface area contributed by atoms with Crippen molar-refractivity contribution in [3.05, 3.63) is 95.7 Å². The van der Waals surface area contributed by atoms with E-state index in [0.717, 1.165) is 48.3 Å². The number of aromatic nitrogens is 1. The fraction of sp³-hybridized carbons (Fsp3) is 0.219. The van der Waals surface area contributed by atoms with Crippen LogP contribution in [0.5, 0.6) is 0 Å². The molecule has 0 bridgehead atoms. The lowest BCUT2D eigenvalue weighted by Crippen LogP contribution is -2.46. The minimum absolute atomic E-state index is 0.0364. The topological polar surface area (TPSA) is 98.1 Å². The molecule has 3 aromatic carbocycles. The molecule has 0 unspecified atom stereocenters. The van der Waals surface area contributed by atoms with Crippen molar-refractivity contribution in [1.82, 2.24) is 14.4 Å². The highest BCUT2D eigenvalue weighted by Crippen LogP contribution is 2.41. The number of piperazine rings is 1. The fourth-order valence-corrected chi connectivity index (χ4v) is 5.53. The van der Waals surface area contributed by atoms with Crippen LogP contribution in [0, 0.1) is 0 Å². The van der Waals surface area contributed by atoms with E-state index in [2.05, 4.69) is 22.2 Å². The summed E-state index contributed by atoms with van der Waals surface area (Å²) in [7, 11) is 3.74. The monoisotopic (exact) mass is 549 g/mol. The highest BCUT2D eigenvalue weighted by Gasteiger charge is 2.33. The highest BCUT2D eigenvalue weighted by molar-refractivity contribution is 6.38. The van der Waals surface area contributed by atoms with E-state index in [1.807, 2.05) is 60.8 Å². The fourth-order valence-electron chi connectivity index (χ4n) is 5.53. The predicted octanol–water partition coefficient (Wildman–Crippen LogP) is 4.18. The van der Waals surface area contributed by atoms with Crippen molar-refractivity contribution in [3.63, 3.8) is 0 Å². The first-order chi connectivity index (χ1) is 19.8. The van der Waals surface area contributed by atoms with Crippen LogP contribution in [-0.2, 0) is 4.79 Å². The van der Waals surface area contributed by atoms with Crippen molar-refractivity contribution in [2.24, 2.45) is 0 Å². The van der Waals surface area contributed by atoms with Crippen LogP contribution >= 0.6 is 0 Å². The summed E-state index contributed by atoms with van der Waals surface area (Å²) >= 11 is 0. The Bertz CT molecular complexity index is 1700. The van der Waals surface area contributed by atoms with Gasteiger partial charge in [-0.1, -0.05) is 36.4 Å². The summed E-state index contributed by atoms with van der Waals surface area (Å²) < 4.78 is 1.71. The number of carboxylic acid groups (broad SMARTS) is 1. The molecule has 1 saturated heterocycles. The van der Waals surface area contributed by atoms with E-state index in [1.165, 1.54) is 17.0 Å². The predicted molar refractivity (Wildman–Crippen MR) is 160 cm³/mol. The van der Waals surface area contributed by atoms with E-state index < -0.39 is 5.97 Å². The zero-order valence-corrected chi connectivity index (χ0v) is 23.0. The standard InChI is InChI=1S/C32H31N5O4/c1-34-14-16-36(17-15-34)20-28(38)37-13-12-22-18-24(9-11-26(22)37)33-30(21-6-4-3-5-7-21)29-25-10-8-23(32(40)41)19-27(25)35(2)31(29)39/h3-13,18-19,33H,14-17,20H2,1-2H3,(H,40,41). The Morgan fingerprint density at radius 2 is 1.63 bits per heavy atom. The van der Waals surface area contributed by atoms with Gasteiger partial charge in [-0.25, -0.2) is 4.79 Å². The lowest BCUT2D eigenvalue weighted by molar-refractivity contribution is -0.112. The molecule has 3 heterocycles. The number of anilines is 2. The second-order valence-corrected chi connectivity index (χ2v) is 10.6. The average molecular weight is 550 g/mol. The number of carbonyl (C=O) groups is 3. The number of hydrogen-bond acceptors (Lipinski definition) is 6. The lowest BCUT2D eigenvalue weighted by Gasteiger charge is -2.31. The van der Waals surface area contributed by atoms with E-state index in [-0.39, 0.29) is 17.4 Å². The van der Waals surface area contributed by atoms with Crippen LogP contribution in [0.2, 0.25) is 0 Å². The Hall–Kier alpha value is -4.73. The molecule has 2 N–H and O–H groups in total. The molecule has 9 heteroatoms. The van der Waals surface area contributed by atoms with Gasteiger partial charge >= 0.3 is 5.97 Å². The van der Waals surface area contributed by atoms with Crippen molar-refractivity contribution in [1.29, 1.82) is 0 Å². The largest absolute Gasteiger partial charge is 0.478 e. The van der Waals surface area contributed by atoms with Crippen molar-refractivity contribution < 1.29 is 19.5 Å². The Labute approximate surface area is 237 Å². The van der Waals surface area contributed by atoms with Crippen molar-refractivity contribution in [2.45, 2.75) is 0 Å². The molecule has 1 amide bonds. The SMILES string of the molecule is CN1CCN(CC(=O)n2ccc3cc(NC(=C4C(=O)N(C)c5cc(C(=O)O)ccc54)c4ccccc4)ccc32)CC1. The van der Waals surface area contributed by atoms with Crippen LogP contribution in [-0.4, -0.2) is 84.1 Å². The van der Waals surface area contributed by atoms with E-state index in [1.54, 1.807) is 17.7 Å². The van der Waals surface area contributed by atoms with Crippen molar-refractivity contribution >= 4 is 51.3 Å². The number of nitrogens with one attached hydrogen (secondary N) is 1. The maximum absolute atomic E-state index is 13.6. The summed E-state index contributed by atoms with van der Waals surface area (Å²) in [5, 5.41) is 13.9. The van der Waals surface area contributed by atoms with Gasteiger partial charge in [-0.15, -0.1) is 0 Å². The summed E-state index contributed by atoms with van der Waals surface area (Å²) in [5.74, 6) is -1.24. The second kappa shape index (κ2) is 10.7. The van der Waals surface area contributed by atoms with E-state index in [4.69, 9.17) is 0 Å². The average Bonchev–Trinajstić information content (AvgIpc) is 3.51. The van der Waals surface area contributed by atoms with E-state index in [0.29, 0.717) is 29.1 Å². The van der Waals surface area contributed by atoms with E-state index in [9.17, 15) is 19.5 Å². The van der Waals surface area contributed by atoms with Gasteiger partial charge in [0, 0.05) is 56.1 Å². The molecule has 2 aliphatic heterocycles. The molecule has 9 nitrogen and oxygen atoms in total. The van der Waals surface area contributed by atoms with Gasteiger partial charge in [-0.3, -0.25) is 19.1 Å². The van der Waals surface area contributed by atoms with Crippen LogP contribution in [0.4, 0.5) is 11.4 Å². The number of aromatic carboxylic acids is 1. The maximum atomic E-state index is 13.6. The first kappa shape index (κ1) is 26.5. The van der Waals surface area contributed by atoms with Gasteiger partial charge in [-0.2, -0.15) is 0 Å². The zero-order valence-electron chi connectivity index (χ0n) is 23.0. The molecule has 0 radical (unpaired) electrons. The molecule has 4 aromatic rings. The van der Waals surface area contributed by atoms with Crippen LogP contribution in [0.25, 0.3) is 22.2 Å². The molecule has 0 spiro atoms. The molecule has 1 fully saturated rings. The molecule has 0 saturated carbocycles. The van der Waals surface area contributed by atoms with Crippen LogP contribution in [0.3, 0.4) is 0 Å². The van der Waals surface area contributed by atoms with Gasteiger partial charge in [-0.05, 0) is 49.0 Å². The number of rotatable bonds is 6. The smallest absolute Gasteiger partial charge is 0.335 e. The maximum Gasteiger partial charge on any atom is 0.335 e. The highest BCUT2D eigenvalue weighted by atomic mass is 16.4. The Kier molecular flexibility index (Phi) is 6.90. The molecule has 0 aliphatic carbocycles. The molecule has 6 rings (SSSR count). The third-order valence-corrected chi connectivity index (χ3v) is 7.89. The third kappa shape index (κ3) is 5.01. The summed E-state index contributed by atoms with van der Waals surface area (Å²) in [5.41, 5.74) is 4.82. The van der Waals surface area contributed by atoms with Gasteiger partial charge in [0.05, 0.1) is 34.6 Å². The van der Waals surface area contributed by atoms with E-state index >= 15 is 0 Å². The minimum Gasteiger partial charge on any atom is -0.478 e. The molecule has 208 valence electrons. The van der Waals surface area contributed by atoms with Crippen molar-refractivity contribution in [2.75, 3.05) is 57.0 Å². The summed E-state index contributed by atoms with van der Waals surface area (Å²) in [6.07, 6.45) is 1.81. The Morgan fingerprint density at radius 3 is 2.37 bits per heavy atom. The number of fused-ring (bicyclic) bond motifs is 2. The van der Waals surface area contributed by atoms with Gasteiger partial charge in [0.2, 0.25) is 5.91 Å². The van der Waals surface area contributed by atoms with Crippen LogP contribution < -0.4 is 10.2 Å². The van der Waals surface area contributed by atoms with Gasteiger partial charge in [0.1, 0.15) is 0 Å². The summed E-state index contributed by atoms with van der Waals surface area (Å²) in [6.45, 7) is 4.04. The summed E-state index contributed by atoms with van der Waals surface area (Å²) in [6, 6.07) is 22.0. The normalized spacial score (nSPS) is 17.1. The number of benzene rings is 3. The number of likely N-dealkylation sites (N-methyl/N-ethyl adjacent to an activating group) is 2. The third-order valence-electron chi connectivity index (χ3n) is 7.89. The Balaban J connectivity index is 1.35. The van der Waals surface area contributed by atoms with Gasteiger partial charge < -0.3 is 20.2 Å². The molecular formula is C32H31N5O4. The molecular weight excluding hydrogens is 518 g/mol. The number of carboxylic acids is 1. The van der Waals surface area contributed by atoms with Gasteiger partial charge in [0.25, 0.3) is 5.91 Å². The molecule has 0 atom stereocenters. The Morgan fingerprint density at radius 1 is 0.878 bits per heavy atom. The van der Waals surface area contributed by atoms with Crippen LogP contribution in [0.15, 0.2) is 79.0 Å². The number of amides is 1. The summed E-state index contributed by atoms with van der Waals surface area (Å²) in [4.78, 5) is 44.2. The van der Waals surface area contributed by atoms with Gasteiger partial charge in [0.15, 0.2) is 0 Å².